The highest BCUT2D eigenvalue weighted by Crippen LogP contribution is 2.21. The van der Waals surface area contributed by atoms with Gasteiger partial charge in [0.05, 0.1) is 6.34 Å². The molecule has 10 heavy (non-hydrogen) atoms. The van der Waals surface area contributed by atoms with Gasteiger partial charge in [0.25, 0.3) is 0 Å². The molecule has 1 saturated heterocycles. The van der Waals surface area contributed by atoms with Gasteiger partial charge in [-0.1, -0.05) is 0 Å². The summed E-state index contributed by atoms with van der Waals surface area (Å²) in [7, 11) is 0. The van der Waals surface area contributed by atoms with Crippen LogP contribution in [-0.4, -0.2) is 30.4 Å². The first-order valence-corrected chi connectivity index (χ1v) is 4.22. The third-order valence-electron chi connectivity index (χ3n) is 2.48. The zero-order valence-electron chi connectivity index (χ0n) is 6.29. The molecule has 0 bridgehead atoms. The molecule has 1 unspecified atom stereocenters. The lowest BCUT2D eigenvalue weighted by Gasteiger charge is -2.18. The third-order valence-corrected chi connectivity index (χ3v) is 2.48. The third kappa shape index (κ3) is 1.02. The Morgan fingerprint density at radius 1 is 1.30 bits per heavy atom. The van der Waals surface area contributed by atoms with Crippen LogP contribution in [-0.2, 0) is 0 Å². The molecule has 1 fully saturated rings. The fourth-order valence-corrected chi connectivity index (χ4v) is 1.90. The van der Waals surface area contributed by atoms with Crippen molar-refractivity contribution < 1.29 is 0 Å². The van der Waals surface area contributed by atoms with Crippen molar-refractivity contribution in [1.82, 2.24) is 4.90 Å². The molecule has 2 aliphatic rings. The molecule has 2 rings (SSSR count). The summed E-state index contributed by atoms with van der Waals surface area (Å²) in [5, 5.41) is 0. The Labute approximate surface area is 61.9 Å². The Morgan fingerprint density at radius 2 is 2.20 bits per heavy atom. The Balaban J connectivity index is 2.06. The van der Waals surface area contributed by atoms with E-state index in [-0.39, 0.29) is 0 Å². The molecular weight excluding hydrogens is 124 g/mol. The van der Waals surface area contributed by atoms with E-state index in [0.717, 1.165) is 12.6 Å². The number of nitrogens with zero attached hydrogens (tertiary/aromatic N) is 2. The molecule has 2 heteroatoms. The van der Waals surface area contributed by atoms with Crippen molar-refractivity contribution in [3.63, 3.8) is 0 Å². The molecule has 0 aromatic heterocycles. The smallest absolute Gasteiger partial charge is 0.0852 e. The SMILES string of the molecule is C1=NCCCC2CCCN12. The largest absolute Gasteiger partial charge is 0.360 e. The van der Waals surface area contributed by atoms with Crippen molar-refractivity contribution in [1.29, 1.82) is 0 Å². The van der Waals surface area contributed by atoms with Crippen molar-refractivity contribution in [2.45, 2.75) is 31.7 Å². The molecule has 0 radical (unpaired) electrons. The van der Waals surface area contributed by atoms with Crippen LogP contribution in [0.5, 0.6) is 0 Å². The molecule has 0 saturated carbocycles. The van der Waals surface area contributed by atoms with Gasteiger partial charge >= 0.3 is 0 Å². The van der Waals surface area contributed by atoms with E-state index < -0.39 is 0 Å². The van der Waals surface area contributed by atoms with Gasteiger partial charge in [0, 0.05) is 19.1 Å². The first kappa shape index (κ1) is 6.20. The summed E-state index contributed by atoms with van der Waals surface area (Å²) >= 11 is 0. The number of aliphatic imine (C=N–C) groups is 1. The van der Waals surface area contributed by atoms with E-state index in [0.29, 0.717) is 0 Å². The van der Waals surface area contributed by atoms with Gasteiger partial charge in [-0.25, -0.2) is 0 Å². The molecule has 0 aliphatic carbocycles. The van der Waals surface area contributed by atoms with Crippen LogP contribution < -0.4 is 0 Å². The van der Waals surface area contributed by atoms with E-state index in [9.17, 15) is 0 Å². The van der Waals surface area contributed by atoms with Crippen molar-refractivity contribution in [2.75, 3.05) is 13.1 Å². The number of hydrogen-bond acceptors (Lipinski definition) is 2. The second-order valence-corrected chi connectivity index (χ2v) is 3.20. The van der Waals surface area contributed by atoms with E-state index in [1.165, 1.54) is 32.2 Å². The van der Waals surface area contributed by atoms with Gasteiger partial charge in [-0.15, -0.1) is 0 Å². The van der Waals surface area contributed by atoms with E-state index in [1.807, 2.05) is 0 Å². The summed E-state index contributed by atoms with van der Waals surface area (Å²) in [5.41, 5.74) is 0. The van der Waals surface area contributed by atoms with E-state index in [4.69, 9.17) is 0 Å². The molecule has 0 aromatic carbocycles. The lowest BCUT2D eigenvalue weighted by molar-refractivity contribution is 0.383. The Hall–Kier alpha value is -0.530. The fraction of sp³-hybridized carbons (Fsp3) is 0.875. The van der Waals surface area contributed by atoms with Crippen LogP contribution in [0, 0.1) is 0 Å². The van der Waals surface area contributed by atoms with Gasteiger partial charge in [-0.05, 0) is 25.7 Å². The molecule has 0 aromatic rings. The van der Waals surface area contributed by atoms with Gasteiger partial charge in [0.2, 0.25) is 0 Å². The molecule has 2 heterocycles. The highest BCUT2D eigenvalue weighted by molar-refractivity contribution is 5.56. The van der Waals surface area contributed by atoms with Crippen LogP contribution >= 0.6 is 0 Å². The first-order valence-electron chi connectivity index (χ1n) is 4.22. The highest BCUT2D eigenvalue weighted by atomic mass is 15.2. The summed E-state index contributed by atoms with van der Waals surface area (Å²) in [4.78, 5) is 6.72. The topological polar surface area (TPSA) is 15.6 Å². The zero-order valence-corrected chi connectivity index (χ0v) is 6.29. The maximum atomic E-state index is 4.31. The van der Waals surface area contributed by atoms with Gasteiger partial charge in [0.1, 0.15) is 0 Å². The lowest BCUT2D eigenvalue weighted by Crippen LogP contribution is -2.26. The molecule has 0 amide bonds. The Bertz CT molecular complexity index is 142. The zero-order chi connectivity index (χ0) is 6.81. The molecule has 2 nitrogen and oxygen atoms in total. The van der Waals surface area contributed by atoms with Crippen molar-refractivity contribution in [3.8, 4) is 0 Å². The van der Waals surface area contributed by atoms with Gasteiger partial charge in [-0.3, -0.25) is 4.99 Å². The maximum absolute atomic E-state index is 4.31. The minimum atomic E-state index is 0.839. The second kappa shape index (κ2) is 2.60. The second-order valence-electron chi connectivity index (χ2n) is 3.20. The summed E-state index contributed by atoms with van der Waals surface area (Å²) in [5.74, 6) is 0. The Morgan fingerprint density at radius 3 is 3.20 bits per heavy atom. The molecule has 56 valence electrons. The van der Waals surface area contributed by atoms with E-state index in [2.05, 4.69) is 16.2 Å². The summed E-state index contributed by atoms with van der Waals surface area (Å²) in [6.07, 6.45) is 7.48. The molecule has 0 spiro atoms. The van der Waals surface area contributed by atoms with Crippen LogP contribution in [0.3, 0.4) is 0 Å². The average Bonchev–Trinajstić information content (AvgIpc) is 2.28. The molecule has 2 aliphatic heterocycles. The Kier molecular flexibility index (Phi) is 1.61. The van der Waals surface area contributed by atoms with Gasteiger partial charge in [-0.2, -0.15) is 0 Å². The van der Waals surface area contributed by atoms with E-state index >= 15 is 0 Å². The van der Waals surface area contributed by atoms with Crippen LogP contribution in [0.2, 0.25) is 0 Å². The normalized spacial score (nSPS) is 32.0. The average molecular weight is 138 g/mol. The fourth-order valence-electron chi connectivity index (χ4n) is 1.90. The summed E-state index contributed by atoms with van der Waals surface area (Å²) in [6.45, 7) is 2.29. The van der Waals surface area contributed by atoms with Gasteiger partial charge < -0.3 is 4.90 Å². The monoisotopic (exact) mass is 138 g/mol. The van der Waals surface area contributed by atoms with Gasteiger partial charge in [0.15, 0.2) is 0 Å². The van der Waals surface area contributed by atoms with Crippen molar-refractivity contribution >= 4 is 6.34 Å². The number of fused-ring (bicyclic) bond motifs is 1. The maximum Gasteiger partial charge on any atom is 0.0852 e. The minimum absolute atomic E-state index is 0.839. The van der Waals surface area contributed by atoms with Crippen molar-refractivity contribution in [2.24, 2.45) is 4.99 Å². The number of rotatable bonds is 0. The van der Waals surface area contributed by atoms with Crippen LogP contribution in [0.4, 0.5) is 0 Å². The quantitative estimate of drug-likeness (QED) is 0.492. The predicted octanol–water partition coefficient (Wildman–Crippen LogP) is 1.27. The first-order chi connectivity index (χ1) is 4.97. The minimum Gasteiger partial charge on any atom is -0.360 e. The molecule has 0 N–H and O–H groups in total. The predicted molar refractivity (Wildman–Crippen MR) is 42.3 cm³/mol. The molecule has 1 atom stereocenters. The lowest BCUT2D eigenvalue weighted by atomic mass is 10.1. The highest BCUT2D eigenvalue weighted by Gasteiger charge is 2.22. The van der Waals surface area contributed by atoms with Crippen LogP contribution in [0.15, 0.2) is 4.99 Å². The summed E-state index contributed by atoms with van der Waals surface area (Å²) < 4.78 is 0. The summed E-state index contributed by atoms with van der Waals surface area (Å²) in [6, 6.07) is 0.839. The van der Waals surface area contributed by atoms with Crippen LogP contribution in [0.1, 0.15) is 25.7 Å². The van der Waals surface area contributed by atoms with E-state index in [1.54, 1.807) is 0 Å². The van der Waals surface area contributed by atoms with Crippen molar-refractivity contribution in [3.05, 3.63) is 0 Å². The number of hydrogen-bond donors (Lipinski definition) is 0. The molecular formula is C8H14N2. The standard InChI is InChI=1S/C8H14N2/c1-3-8-4-2-6-10(8)7-9-5-1/h7-8H,1-6H2. The van der Waals surface area contributed by atoms with Crippen LogP contribution in [0.25, 0.3) is 0 Å².